The van der Waals surface area contributed by atoms with Crippen LogP contribution in [0, 0.1) is 6.92 Å². The molecule has 0 aliphatic heterocycles. The van der Waals surface area contributed by atoms with E-state index in [1.807, 2.05) is 19.9 Å². The van der Waals surface area contributed by atoms with Crippen LogP contribution >= 0.6 is 0 Å². The molecule has 0 aliphatic carbocycles. The molecule has 6 nitrogen and oxygen atoms in total. The number of aliphatic hydroxyl groups excluding tert-OH is 1. The van der Waals surface area contributed by atoms with Crippen molar-refractivity contribution in [1.82, 2.24) is 10.5 Å². The van der Waals surface area contributed by atoms with E-state index in [1.165, 1.54) is 0 Å². The fourth-order valence-electron chi connectivity index (χ4n) is 1.40. The topological polar surface area (TPSA) is 76.8 Å². The highest BCUT2D eigenvalue weighted by Gasteiger charge is 2.05. The Morgan fingerprint density at radius 3 is 2.89 bits per heavy atom. The first-order valence-electron chi connectivity index (χ1n) is 6.18. The summed E-state index contributed by atoms with van der Waals surface area (Å²) in [7, 11) is 0. The molecule has 0 saturated heterocycles. The molecule has 1 rings (SSSR count). The molecule has 0 aromatic carbocycles. The minimum Gasteiger partial charge on any atom is -0.389 e. The van der Waals surface area contributed by atoms with Crippen LogP contribution in [0.4, 0.5) is 0 Å². The second-order valence-electron chi connectivity index (χ2n) is 3.99. The third-order valence-corrected chi connectivity index (χ3v) is 2.24. The average Bonchev–Trinajstić information content (AvgIpc) is 2.75. The van der Waals surface area contributed by atoms with Crippen molar-refractivity contribution in [3.8, 4) is 0 Å². The van der Waals surface area contributed by atoms with Gasteiger partial charge < -0.3 is 24.4 Å². The second-order valence-corrected chi connectivity index (χ2v) is 3.99. The summed E-state index contributed by atoms with van der Waals surface area (Å²) in [6.07, 6.45) is -0.532. The molecule has 1 unspecified atom stereocenters. The van der Waals surface area contributed by atoms with Crippen LogP contribution in [0.15, 0.2) is 10.6 Å². The Hall–Kier alpha value is -0.950. The summed E-state index contributed by atoms with van der Waals surface area (Å²) in [4.78, 5) is 0. The molecule has 1 aromatic heterocycles. The Kier molecular flexibility index (Phi) is 7.59. The van der Waals surface area contributed by atoms with Crippen molar-refractivity contribution < 1.29 is 19.1 Å². The Morgan fingerprint density at radius 2 is 2.22 bits per heavy atom. The van der Waals surface area contributed by atoms with E-state index in [0.29, 0.717) is 39.5 Å². The van der Waals surface area contributed by atoms with Gasteiger partial charge >= 0.3 is 0 Å². The molecule has 1 aromatic rings. The van der Waals surface area contributed by atoms with Gasteiger partial charge in [0.1, 0.15) is 0 Å². The molecule has 6 heteroatoms. The molecular formula is C12H22N2O4. The summed E-state index contributed by atoms with van der Waals surface area (Å²) in [6.45, 7) is 6.86. The van der Waals surface area contributed by atoms with Crippen molar-refractivity contribution in [3.05, 3.63) is 17.5 Å². The van der Waals surface area contributed by atoms with Crippen molar-refractivity contribution in [1.29, 1.82) is 0 Å². The highest BCUT2D eigenvalue weighted by molar-refractivity contribution is 5.02. The molecule has 104 valence electrons. The number of nitrogens with one attached hydrogen (secondary N) is 1. The Bertz CT molecular complexity index is 317. The Morgan fingerprint density at radius 1 is 1.44 bits per heavy atom. The van der Waals surface area contributed by atoms with Crippen LogP contribution in [-0.4, -0.2) is 49.3 Å². The van der Waals surface area contributed by atoms with Gasteiger partial charge in [0, 0.05) is 19.2 Å². The number of aryl methyl sites for hydroxylation is 1. The Balaban J connectivity index is 1.98. The smallest absolute Gasteiger partial charge is 0.150 e. The summed E-state index contributed by atoms with van der Waals surface area (Å²) in [6, 6.07) is 1.86. The van der Waals surface area contributed by atoms with E-state index in [2.05, 4.69) is 10.5 Å². The quantitative estimate of drug-likeness (QED) is 0.595. The molecule has 2 N–H and O–H groups in total. The normalized spacial score (nSPS) is 12.8. The van der Waals surface area contributed by atoms with Crippen molar-refractivity contribution >= 4 is 0 Å². The number of rotatable bonds is 10. The van der Waals surface area contributed by atoms with Gasteiger partial charge in [-0.3, -0.25) is 0 Å². The van der Waals surface area contributed by atoms with Crippen LogP contribution in [0.25, 0.3) is 0 Å². The summed E-state index contributed by atoms with van der Waals surface area (Å²) in [5.41, 5.74) is 0.853. The molecule has 18 heavy (non-hydrogen) atoms. The van der Waals surface area contributed by atoms with Crippen molar-refractivity contribution in [2.75, 3.05) is 33.0 Å². The predicted octanol–water partition coefficient (Wildman–Crippen LogP) is 0.487. The van der Waals surface area contributed by atoms with Crippen molar-refractivity contribution in [3.63, 3.8) is 0 Å². The standard InChI is InChI=1S/C12H22N2O4/c1-3-16-4-5-17-9-11(15)7-13-8-12-6-10(2)14-18-12/h6,11,13,15H,3-5,7-9H2,1-2H3. The zero-order valence-electron chi connectivity index (χ0n) is 11.0. The summed E-state index contributed by atoms with van der Waals surface area (Å²) in [5.74, 6) is 0.761. The molecule has 0 radical (unpaired) electrons. The Labute approximate surface area is 107 Å². The zero-order valence-corrected chi connectivity index (χ0v) is 11.0. The van der Waals surface area contributed by atoms with Gasteiger partial charge in [-0.05, 0) is 13.8 Å². The first kappa shape index (κ1) is 15.1. The molecule has 0 bridgehead atoms. The number of aromatic nitrogens is 1. The lowest BCUT2D eigenvalue weighted by Crippen LogP contribution is -2.30. The number of ether oxygens (including phenoxy) is 2. The van der Waals surface area contributed by atoms with Crippen LogP contribution in [0.5, 0.6) is 0 Å². The number of hydrogen-bond donors (Lipinski definition) is 2. The number of aliphatic hydroxyl groups is 1. The van der Waals surface area contributed by atoms with Crippen molar-refractivity contribution in [2.45, 2.75) is 26.5 Å². The minimum absolute atomic E-state index is 0.301. The third-order valence-electron chi connectivity index (χ3n) is 2.24. The van der Waals surface area contributed by atoms with Gasteiger partial charge in [0.05, 0.1) is 38.2 Å². The highest BCUT2D eigenvalue weighted by Crippen LogP contribution is 2.00. The molecule has 0 fully saturated rings. The van der Waals surface area contributed by atoms with E-state index >= 15 is 0 Å². The van der Waals surface area contributed by atoms with Crippen LogP contribution in [0.1, 0.15) is 18.4 Å². The molecule has 0 saturated carbocycles. The first-order chi connectivity index (χ1) is 8.72. The maximum Gasteiger partial charge on any atom is 0.150 e. The number of hydrogen-bond acceptors (Lipinski definition) is 6. The van der Waals surface area contributed by atoms with E-state index in [0.717, 1.165) is 11.5 Å². The summed E-state index contributed by atoms with van der Waals surface area (Å²) >= 11 is 0. The molecule has 0 amide bonds. The maximum absolute atomic E-state index is 9.61. The van der Waals surface area contributed by atoms with E-state index in [1.54, 1.807) is 0 Å². The average molecular weight is 258 g/mol. The fraction of sp³-hybridized carbons (Fsp3) is 0.750. The van der Waals surface area contributed by atoms with Gasteiger partial charge in [-0.15, -0.1) is 0 Å². The van der Waals surface area contributed by atoms with Crippen molar-refractivity contribution in [2.24, 2.45) is 0 Å². The van der Waals surface area contributed by atoms with Crippen LogP contribution in [0.2, 0.25) is 0 Å². The lowest BCUT2D eigenvalue weighted by molar-refractivity contribution is 0.00629. The van der Waals surface area contributed by atoms with E-state index in [4.69, 9.17) is 14.0 Å². The van der Waals surface area contributed by atoms with Crippen LogP contribution < -0.4 is 5.32 Å². The first-order valence-corrected chi connectivity index (χ1v) is 6.18. The van der Waals surface area contributed by atoms with Gasteiger partial charge in [0.25, 0.3) is 0 Å². The van der Waals surface area contributed by atoms with E-state index in [9.17, 15) is 5.11 Å². The second kappa shape index (κ2) is 9.04. The van der Waals surface area contributed by atoms with Gasteiger partial charge in [0.2, 0.25) is 0 Å². The minimum atomic E-state index is -0.532. The van der Waals surface area contributed by atoms with Gasteiger partial charge in [-0.2, -0.15) is 0 Å². The van der Waals surface area contributed by atoms with E-state index in [-0.39, 0.29) is 0 Å². The fourth-order valence-corrected chi connectivity index (χ4v) is 1.40. The molecule has 1 atom stereocenters. The van der Waals surface area contributed by atoms with Gasteiger partial charge in [-0.25, -0.2) is 0 Å². The van der Waals surface area contributed by atoms with E-state index < -0.39 is 6.10 Å². The highest BCUT2D eigenvalue weighted by atomic mass is 16.5. The number of nitrogens with zero attached hydrogens (tertiary/aromatic N) is 1. The van der Waals surface area contributed by atoms with Gasteiger partial charge in [-0.1, -0.05) is 5.16 Å². The molecule has 0 aliphatic rings. The largest absolute Gasteiger partial charge is 0.389 e. The van der Waals surface area contributed by atoms with Crippen LogP contribution in [-0.2, 0) is 16.0 Å². The molecule has 1 heterocycles. The summed E-state index contributed by atoms with van der Waals surface area (Å²) < 4.78 is 15.4. The maximum atomic E-state index is 9.61. The van der Waals surface area contributed by atoms with Crippen LogP contribution in [0.3, 0.4) is 0 Å². The third kappa shape index (κ3) is 6.70. The lowest BCUT2D eigenvalue weighted by Gasteiger charge is -2.11. The summed E-state index contributed by atoms with van der Waals surface area (Å²) in [5, 5.41) is 16.5. The predicted molar refractivity (Wildman–Crippen MR) is 66.3 cm³/mol. The van der Waals surface area contributed by atoms with Gasteiger partial charge in [0.15, 0.2) is 5.76 Å². The monoisotopic (exact) mass is 258 g/mol. The lowest BCUT2D eigenvalue weighted by atomic mass is 10.3. The molecule has 0 spiro atoms. The zero-order chi connectivity index (χ0) is 13.2. The SMILES string of the molecule is CCOCCOCC(O)CNCc1cc(C)no1. The molecular weight excluding hydrogens is 236 g/mol.